The summed E-state index contributed by atoms with van der Waals surface area (Å²) in [6.45, 7) is 3.96. The average molecular weight is 286 g/mol. The Morgan fingerprint density at radius 3 is 2.76 bits per heavy atom. The van der Waals surface area contributed by atoms with Crippen LogP contribution >= 0.6 is 0 Å². The van der Waals surface area contributed by atoms with E-state index in [0.717, 1.165) is 44.8 Å². The molecule has 0 unspecified atom stereocenters. The van der Waals surface area contributed by atoms with Crippen LogP contribution in [0.2, 0.25) is 0 Å². The molecule has 1 aliphatic carbocycles. The van der Waals surface area contributed by atoms with E-state index in [1.807, 2.05) is 6.20 Å². The molecule has 2 aliphatic heterocycles. The predicted molar refractivity (Wildman–Crippen MR) is 79.8 cm³/mol. The molecule has 1 aromatic heterocycles. The number of carbonyl (C=O) groups excluding carboxylic acids is 1. The fourth-order valence-corrected chi connectivity index (χ4v) is 3.73. The number of rotatable bonds is 3. The Kier molecular flexibility index (Phi) is 3.28. The molecule has 4 rings (SSSR count). The van der Waals surface area contributed by atoms with Crippen molar-refractivity contribution in [3.63, 3.8) is 0 Å². The molecule has 1 amide bonds. The molecule has 5 nitrogen and oxygen atoms in total. The van der Waals surface area contributed by atoms with Gasteiger partial charge in [0.25, 0.3) is 0 Å². The fourth-order valence-electron chi connectivity index (χ4n) is 3.73. The predicted octanol–water partition coefficient (Wildman–Crippen LogP) is 1.56. The molecule has 112 valence electrons. The molecule has 1 aromatic rings. The number of carbonyl (C=O) groups is 1. The third-order valence-corrected chi connectivity index (χ3v) is 5.19. The van der Waals surface area contributed by atoms with Gasteiger partial charge in [-0.25, -0.2) is 4.98 Å². The van der Waals surface area contributed by atoms with E-state index < -0.39 is 0 Å². The molecule has 3 aliphatic rings. The number of hydrogen-bond donors (Lipinski definition) is 0. The second kappa shape index (κ2) is 5.28. The number of aromatic nitrogens is 2. The normalized spacial score (nSPS) is 28.6. The maximum Gasteiger partial charge on any atom is 0.222 e. The number of fused-ring (bicyclic) bond motifs is 1. The maximum atomic E-state index is 12.3. The largest absolute Gasteiger partial charge is 0.355 e. The van der Waals surface area contributed by atoms with Gasteiger partial charge in [0.15, 0.2) is 0 Å². The summed E-state index contributed by atoms with van der Waals surface area (Å²) in [4.78, 5) is 25.3. The highest BCUT2D eigenvalue weighted by Crippen LogP contribution is 2.36. The number of anilines is 1. The van der Waals surface area contributed by atoms with Gasteiger partial charge in [0.1, 0.15) is 5.82 Å². The molecule has 0 aromatic carbocycles. The van der Waals surface area contributed by atoms with Crippen molar-refractivity contribution in [1.29, 1.82) is 0 Å². The molecule has 0 N–H and O–H groups in total. The van der Waals surface area contributed by atoms with Crippen molar-refractivity contribution < 1.29 is 4.79 Å². The molecule has 3 fully saturated rings. The van der Waals surface area contributed by atoms with Gasteiger partial charge in [0, 0.05) is 45.0 Å². The molecular formula is C16H22N4O. The molecule has 21 heavy (non-hydrogen) atoms. The lowest BCUT2D eigenvalue weighted by Gasteiger charge is -2.34. The zero-order valence-electron chi connectivity index (χ0n) is 12.3. The van der Waals surface area contributed by atoms with E-state index in [-0.39, 0.29) is 0 Å². The van der Waals surface area contributed by atoms with E-state index in [9.17, 15) is 4.79 Å². The van der Waals surface area contributed by atoms with Crippen molar-refractivity contribution >= 4 is 11.7 Å². The molecule has 0 radical (unpaired) electrons. The van der Waals surface area contributed by atoms with E-state index in [0.29, 0.717) is 23.7 Å². The smallest absolute Gasteiger partial charge is 0.222 e. The summed E-state index contributed by atoms with van der Waals surface area (Å²) in [5, 5.41) is 0. The minimum atomic E-state index is 0.387. The van der Waals surface area contributed by atoms with Crippen LogP contribution in [0.25, 0.3) is 0 Å². The topological polar surface area (TPSA) is 49.3 Å². The van der Waals surface area contributed by atoms with Crippen molar-refractivity contribution in [3.8, 4) is 0 Å². The summed E-state index contributed by atoms with van der Waals surface area (Å²) in [5.41, 5.74) is 0. The van der Waals surface area contributed by atoms with Crippen LogP contribution in [0.5, 0.6) is 0 Å². The second-order valence-corrected chi connectivity index (χ2v) is 6.76. The first kappa shape index (κ1) is 13.0. The summed E-state index contributed by atoms with van der Waals surface area (Å²) in [7, 11) is 0. The first-order valence-corrected chi connectivity index (χ1v) is 8.08. The molecule has 1 saturated carbocycles. The lowest BCUT2D eigenvalue weighted by molar-refractivity contribution is -0.130. The zero-order chi connectivity index (χ0) is 14.2. The first-order valence-electron chi connectivity index (χ1n) is 8.08. The molecular weight excluding hydrogens is 264 g/mol. The van der Waals surface area contributed by atoms with Crippen LogP contribution in [0.1, 0.15) is 25.7 Å². The SMILES string of the molecule is O=C(CC1CC1)N1C[C@@H]2CCN(c3cnccn3)C[C@@H]2C1. The Hall–Kier alpha value is -1.65. The second-order valence-electron chi connectivity index (χ2n) is 6.76. The quantitative estimate of drug-likeness (QED) is 0.846. The van der Waals surface area contributed by atoms with Gasteiger partial charge in [-0.15, -0.1) is 0 Å². The van der Waals surface area contributed by atoms with Gasteiger partial charge < -0.3 is 9.80 Å². The molecule has 3 heterocycles. The Morgan fingerprint density at radius 1 is 1.14 bits per heavy atom. The van der Waals surface area contributed by atoms with Gasteiger partial charge in [0.2, 0.25) is 5.91 Å². The molecule has 5 heteroatoms. The van der Waals surface area contributed by atoms with Crippen molar-refractivity contribution in [2.24, 2.45) is 17.8 Å². The lowest BCUT2D eigenvalue weighted by atomic mass is 9.89. The van der Waals surface area contributed by atoms with Crippen LogP contribution in [0.3, 0.4) is 0 Å². The Balaban J connectivity index is 1.38. The van der Waals surface area contributed by atoms with E-state index in [1.54, 1.807) is 12.4 Å². The molecule has 0 spiro atoms. The standard InChI is InChI=1S/C16H22N4O/c21-16(7-12-1-2-12)20-9-13-3-6-19(10-14(13)11-20)15-8-17-4-5-18-15/h4-5,8,12-14H,1-3,6-7,9-11H2/t13-,14+/m0/s1. The highest BCUT2D eigenvalue weighted by atomic mass is 16.2. The fraction of sp³-hybridized carbons (Fsp3) is 0.688. The summed E-state index contributed by atoms with van der Waals surface area (Å²) in [5.74, 6) is 3.33. The van der Waals surface area contributed by atoms with E-state index in [4.69, 9.17) is 0 Å². The Labute approximate surface area is 125 Å². The lowest BCUT2D eigenvalue weighted by Crippen LogP contribution is -2.40. The highest BCUT2D eigenvalue weighted by molar-refractivity contribution is 5.77. The highest BCUT2D eigenvalue weighted by Gasteiger charge is 2.40. The molecule has 2 saturated heterocycles. The number of nitrogens with zero attached hydrogens (tertiary/aromatic N) is 4. The Morgan fingerprint density at radius 2 is 2.00 bits per heavy atom. The minimum absolute atomic E-state index is 0.387. The average Bonchev–Trinajstić information content (AvgIpc) is 3.23. The number of likely N-dealkylation sites (tertiary alicyclic amines) is 1. The van der Waals surface area contributed by atoms with Crippen molar-refractivity contribution in [3.05, 3.63) is 18.6 Å². The monoisotopic (exact) mass is 286 g/mol. The third-order valence-electron chi connectivity index (χ3n) is 5.19. The van der Waals surface area contributed by atoms with Crippen molar-refractivity contribution in [2.45, 2.75) is 25.7 Å². The van der Waals surface area contributed by atoms with Crippen LogP contribution in [-0.2, 0) is 4.79 Å². The van der Waals surface area contributed by atoms with Crippen molar-refractivity contribution in [1.82, 2.24) is 14.9 Å². The summed E-state index contributed by atoms with van der Waals surface area (Å²) in [6.07, 6.45) is 9.76. The van der Waals surface area contributed by atoms with Gasteiger partial charge >= 0.3 is 0 Å². The number of amides is 1. The van der Waals surface area contributed by atoms with Crippen LogP contribution in [0, 0.1) is 17.8 Å². The zero-order valence-corrected chi connectivity index (χ0v) is 12.3. The van der Waals surface area contributed by atoms with E-state index >= 15 is 0 Å². The van der Waals surface area contributed by atoms with Gasteiger partial charge in [-0.3, -0.25) is 9.78 Å². The third kappa shape index (κ3) is 2.74. The van der Waals surface area contributed by atoms with Crippen LogP contribution in [0.15, 0.2) is 18.6 Å². The molecule has 0 bridgehead atoms. The van der Waals surface area contributed by atoms with E-state index in [1.165, 1.54) is 12.8 Å². The van der Waals surface area contributed by atoms with Gasteiger partial charge in [0.05, 0.1) is 6.20 Å². The van der Waals surface area contributed by atoms with Gasteiger partial charge in [-0.05, 0) is 37.0 Å². The summed E-state index contributed by atoms with van der Waals surface area (Å²) >= 11 is 0. The summed E-state index contributed by atoms with van der Waals surface area (Å²) < 4.78 is 0. The minimum Gasteiger partial charge on any atom is -0.355 e. The van der Waals surface area contributed by atoms with Crippen LogP contribution in [-0.4, -0.2) is 47.0 Å². The van der Waals surface area contributed by atoms with Gasteiger partial charge in [-0.2, -0.15) is 0 Å². The first-order chi connectivity index (χ1) is 10.3. The number of hydrogen-bond acceptors (Lipinski definition) is 4. The molecule has 2 atom stereocenters. The Bertz CT molecular complexity index is 516. The van der Waals surface area contributed by atoms with E-state index in [2.05, 4.69) is 19.8 Å². The van der Waals surface area contributed by atoms with Crippen LogP contribution < -0.4 is 4.90 Å². The van der Waals surface area contributed by atoms with Crippen LogP contribution in [0.4, 0.5) is 5.82 Å². The van der Waals surface area contributed by atoms with Crippen molar-refractivity contribution in [2.75, 3.05) is 31.1 Å². The number of piperidine rings is 1. The van der Waals surface area contributed by atoms with Gasteiger partial charge in [-0.1, -0.05) is 0 Å². The maximum absolute atomic E-state index is 12.3. The summed E-state index contributed by atoms with van der Waals surface area (Å²) in [6, 6.07) is 0.